The Kier molecular flexibility index (Phi) is 6.04. The van der Waals surface area contributed by atoms with Crippen LogP contribution in [-0.2, 0) is 9.59 Å². The second kappa shape index (κ2) is 9.16. The third kappa shape index (κ3) is 4.06. The Morgan fingerprint density at radius 3 is 2.29 bits per heavy atom. The van der Waals surface area contributed by atoms with Gasteiger partial charge in [-0.1, -0.05) is 39.4 Å². The lowest BCUT2D eigenvalue weighted by Crippen LogP contribution is -2.29. The van der Waals surface area contributed by atoms with Gasteiger partial charge in [0.25, 0.3) is 5.78 Å². The van der Waals surface area contributed by atoms with E-state index in [4.69, 9.17) is 9.47 Å². The number of fused-ring (bicyclic) bond motifs is 1. The second-order valence-corrected chi connectivity index (χ2v) is 9.70. The second-order valence-electron chi connectivity index (χ2n) is 7.78. The minimum Gasteiger partial charge on any atom is -0.507 e. The molecule has 1 aromatic heterocycles. The number of hydrogen-bond donors (Lipinski definition) is 1. The average Bonchev–Trinajstić information content (AvgIpc) is 3.41. The lowest BCUT2D eigenvalue weighted by Gasteiger charge is -2.23. The minimum atomic E-state index is -0.854. The molecule has 0 bridgehead atoms. The largest absolute Gasteiger partial charge is 0.507 e. The molecule has 5 rings (SSSR count). The third-order valence-electron chi connectivity index (χ3n) is 5.78. The SMILES string of the molecule is COc1ccc(C(O)=C2C(=O)C(=O)N(c3nc4ccc(OC)cc4s3)[C@@H]2c2ccc(Br)cc2)cc1. The molecule has 0 aliphatic carbocycles. The van der Waals surface area contributed by atoms with Crippen molar-refractivity contribution in [3.8, 4) is 11.5 Å². The number of nitrogens with zero attached hydrogens (tertiary/aromatic N) is 2. The van der Waals surface area contributed by atoms with Gasteiger partial charge in [0.15, 0.2) is 5.13 Å². The fourth-order valence-electron chi connectivity index (χ4n) is 4.02. The molecule has 0 saturated carbocycles. The summed E-state index contributed by atoms with van der Waals surface area (Å²) in [4.78, 5) is 32.6. The Morgan fingerprint density at radius 2 is 1.63 bits per heavy atom. The molecule has 0 radical (unpaired) electrons. The number of benzene rings is 3. The number of methoxy groups -OCH3 is 2. The summed E-state index contributed by atoms with van der Waals surface area (Å²) < 4.78 is 12.1. The predicted octanol–water partition coefficient (Wildman–Crippen LogP) is 5.70. The number of aliphatic hydroxyl groups excluding tert-OH is 1. The van der Waals surface area contributed by atoms with Gasteiger partial charge in [-0.2, -0.15) is 0 Å². The van der Waals surface area contributed by atoms with E-state index in [0.717, 1.165) is 9.17 Å². The highest BCUT2D eigenvalue weighted by Crippen LogP contribution is 2.44. The van der Waals surface area contributed by atoms with Crippen LogP contribution in [0.25, 0.3) is 16.0 Å². The first-order valence-corrected chi connectivity index (χ1v) is 12.2. The molecule has 3 aromatic carbocycles. The van der Waals surface area contributed by atoms with Gasteiger partial charge in [-0.3, -0.25) is 14.5 Å². The van der Waals surface area contributed by atoms with E-state index in [-0.39, 0.29) is 11.3 Å². The van der Waals surface area contributed by atoms with Crippen molar-refractivity contribution in [3.63, 3.8) is 0 Å². The standard InChI is InChI=1S/C26H19BrN2O5S/c1-33-17-9-5-15(6-10-17)23(30)21-22(14-3-7-16(27)8-4-14)29(25(32)24(21)31)26-28-19-12-11-18(34-2)13-20(19)35-26/h3-13,22,30H,1-2H3/t22-/m1/s1. The summed E-state index contributed by atoms with van der Waals surface area (Å²) in [6, 6.07) is 18.5. The molecule has 2 heterocycles. The number of carbonyl (C=O) groups is 2. The fourth-order valence-corrected chi connectivity index (χ4v) is 5.30. The van der Waals surface area contributed by atoms with Gasteiger partial charge in [-0.15, -0.1) is 0 Å². The molecule has 0 spiro atoms. The molecule has 1 fully saturated rings. The van der Waals surface area contributed by atoms with Crippen molar-refractivity contribution < 1.29 is 24.2 Å². The number of thiazole rings is 1. The van der Waals surface area contributed by atoms with E-state index in [0.29, 0.717) is 33.3 Å². The van der Waals surface area contributed by atoms with Crippen molar-refractivity contribution in [3.05, 3.63) is 87.9 Å². The lowest BCUT2D eigenvalue weighted by atomic mass is 9.95. The minimum absolute atomic E-state index is 0.000624. The molecule has 4 aromatic rings. The Labute approximate surface area is 213 Å². The van der Waals surface area contributed by atoms with Crippen molar-refractivity contribution in [2.45, 2.75) is 6.04 Å². The van der Waals surface area contributed by atoms with Gasteiger partial charge in [0, 0.05) is 10.0 Å². The molecule has 1 saturated heterocycles. The van der Waals surface area contributed by atoms with Crippen LogP contribution in [0.3, 0.4) is 0 Å². The number of aliphatic hydroxyl groups is 1. The maximum atomic E-state index is 13.3. The molecule has 9 heteroatoms. The van der Waals surface area contributed by atoms with Crippen LogP contribution in [0.1, 0.15) is 17.2 Å². The first kappa shape index (κ1) is 23.1. The Hall–Kier alpha value is -3.69. The van der Waals surface area contributed by atoms with Crippen molar-refractivity contribution in [1.82, 2.24) is 4.98 Å². The summed E-state index contributed by atoms with van der Waals surface area (Å²) in [5, 5.41) is 11.6. The number of ketones is 1. The van der Waals surface area contributed by atoms with E-state index in [1.165, 1.54) is 16.2 Å². The zero-order valence-corrected chi connectivity index (χ0v) is 21.1. The van der Waals surface area contributed by atoms with Crippen LogP contribution in [0.5, 0.6) is 11.5 Å². The zero-order valence-electron chi connectivity index (χ0n) is 18.7. The maximum Gasteiger partial charge on any atom is 0.301 e. The highest BCUT2D eigenvalue weighted by molar-refractivity contribution is 9.10. The Morgan fingerprint density at radius 1 is 0.971 bits per heavy atom. The summed E-state index contributed by atoms with van der Waals surface area (Å²) in [6.45, 7) is 0. The van der Waals surface area contributed by atoms with Crippen LogP contribution >= 0.6 is 27.3 Å². The summed E-state index contributed by atoms with van der Waals surface area (Å²) in [6.07, 6.45) is 0. The molecular formula is C26H19BrN2O5S. The number of rotatable bonds is 5. The Balaban J connectivity index is 1.69. The van der Waals surface area contributed by atoms with Crippen LogP contribution in [-0.4, -0.2) is 36.0 Å². The van der Waals surface area contributed by atoms with E-state index in [2.05, 4.69) is 20.9 Å². The molecule has 35 heavy (non-hydrogen) atoms. The highest BCUT2D eigenvalue weighted by atomic mass is 79.9. The first-order chi connectivity index (χ1) is 16.9. The third-order valence-corrected chi connectivity index (χ3v) is 7.33. The molecule has 1 aliphatic rings. The van der Waals surface area contributed by atoms with E-state index in [9.17, 15) is 14.7 Å². The van der Waals surface area contributed by atoms with Gasteiger partial charge in [0.1, 0.15) is 17.3 Å². The number of Topliss-reactive ketones (excluding diaryl/α,β-unsaturated/α-hetero) is 1. The van der Waals surface area contributed by atoms with Crippen molar-refractivity contribution in [2.75, 3.05) is 19.1 Å². The van der Waals surface area contributed by atoms with Gasteiger partial charge in [-0.25, -0.2) is 4.98 Å². The van der Waals surface area contributed by atoms with Crippen LogP contribution in [0, 0.1) is 0 Å². The molecule has 0 unspecified atom stereocenters. The lowest BCUT2D eigenvalue weighted by molar-refractivity contribution is -0.132. The summed E-state index contributed by atoms with van der Waals surface area (Å²) in [5.74, 6) is -0.513. The van der Waals surface area contributed by atoms with Crippen molar-refractivity contribution in [1.29, 1.82) is 0 Å². The molecule has 176 valence electrons. The number of halogens is 1. The number of aromatic nitrogens is 1. The molecule has 1 aliphatic heterocycles. The number of carbonyl (C=O) groups excluding carboxylic acids is 2. The fraction of sp³-hybridized carbons (Fsp3) is 0.115. The van der Waals surface area contributed by atoms with Crippen LogP contribution in [0.4, 0.5) is 5.13 Å². The molecule has 1 N–H and O–H groups in total. The van der Waals surface area contributed by atoms with Crippen LogP contribution in [0.2, 0.25) is 0 Å². The van der Waals surface area contributed by atoms with Gasteiger partial charge < -0.3 is 14.6 Å². The smallest absolute Gasteiger partial charge is 0.301 e. The predicted molar refractivity (Wildman–Crippen MR) is 138 cm³/mol. The summed E-state index contributed by atoms with van der Waals surface area (Å²) in [7, 11) is 3.12. The summed E-state index contributed by atoms with van der Waals surface area (Å²) in [5.41, 5.74) is 1.75. The topological polar surface area (TPSA) is 89.0 Å². The molecular weight excluding hydrogens is 532 g/mol. The zero-order chi connectivity index (χ0) is 24.7. The number of hydrogen-bond acceptors (Lipinski definition) is 7. The maximum absolute atomic E-state index is 13.3. The molecule has 1 atom stereocenters. The van der Waals surface area contributed by atoms with E-state index < -0.39 is 17.7 Å². The van der Waals surface area contributed by atoms with Crippen molar-refractivity contribution >= 4 is 60.1 Å². The quantitative estimate of drug-likeness (QED) is 0.195. The summed E-state index contributed by atoms with van der Waals surface area (Å²) >= 11 is 4.70. The normalized spacial score (nSPS) is 17.2. The number of anilines is 1. The molecule has 1 amide bonds. The number of amides is 1. The first-order valence-electron chi connectivity index (χ1n) is 10.6. The van der Waals surface area contributed by atoms with Crippen LogP contribution < -0.4 is 14.4 Å². The van der Waals surface area contributed by atoms with Gasteiger partial charge >= 0.3 is 5.91 Å². The number of ether oxygens (including phenoxy) is 2. The van der Waals surface area contributed by atoms with E-state index in [1.807, 2.05) is 30.3 Å². The molecule has 7 nitrogen and oxygen atoms in total. The van der Waals surface area contributed by atoms with E-state index in [1.54, 1.807) is 50.6 Å². The van der Waals surface area contributed by atoms with Gasteiger partial charge in [-0.05, 0) is 60.2 Å². The van der Waals surface area contributed by atoms with Crippen molar-refractivity contribution in [2.24, 2.45) is 0 Å². The van der Waals surface area contributed by atoms with Gasteiger partial charge in [0.05, 0.1) is 36.1 Å². The van der Waals surface area contributed by atoms with Crippen LogP contribution in [0.15, 0.2) is 76.8 Å². The monoisotopic (exact) mass is 550 g/mol. The highest BCUT2D eigenvalue weighted by Gasteiger charge is 2.48. The van der Waals surface area contributed by atoms with Gasteiger partial charge in [0.2, 0.25) is 0 Å². The van der Waals surface area contributed by atoms with E-state index >= 15 is 0 Å². The average molecular weight is 551 g/mol. The Bertz CT molecular complexity index is 1480.